The van der Waals surface area contributed by atoms with Crippen LogP contribution in [-0.2, 0) is 4.74 Å². The predicted molar refractivity (Wildman–Crippen MR) is 61.5 cm³/mol. The van der Waals surface area contributed by atoms with E-state index in [1.807, 2.05) is 0 Å². The zero-order chi connectivity index (χ0) is 13.1. The molecule has 0 aliphatic rings. The molecule has 0 aliphatic heterocycles. The van der Waals surface area contributed by atoms with Gasteiger partial charge in [0.15, 0.2) is 0 Å². The zero-order valence-electron chi connectivity index (χ0n) is 9.25. The smallest absolute Gasteiger partial charge is 0.339 e. The van der Waals surface area contributed by atoms with Crippen molar-refractivity contribution in [3.63, 3.8) is 0 Å². The molecule has 1 heterocycles. The molecule has 2 rings (SSSR count). The van der Waals surface area contributed by atoms with Gasteiger partial charge in [0.2, 0.25) is 0 Å². The maximum absolute atomic E-state index is 11.7. The topological polar surface area (TPSA) is 97.0 Å². The minimum Gasteiger partial charge on any atom is -0.507 e. The van der Waals surface area contributed by atoms with Crippen molar-refractivity contribution >= 4 is 16.9 Å². The Labute approximate surface area is 101 Å². The largest absolute Gasteiger partial charge is 0.507 e. The average molecular weight is 250 g/mol. The molecule has 94 valence electrons. The first-order chi connectivity index (χ1) is 8.63. The van der Waals surface area contributed by atoms with Crippen LogP contribution in [0.25, 0.3) is 11.0 Å². The van der Waals surface area contributed by atoms with E-state index >= 15 is 0 Å². The summed E-state index contributed by atoms with van der Waals surface area (Å²) in [7, 11) is 0. The summed E-state index contributed by atoms with van der Waals surface area (Å²) in [4.78, 5) is 22.8. The zero-order valence-corrected chi connectivity index (χ0v) is 9.25. The van der Waals surface area contributed by atoms with Gasteiger partial charge in [-0.15, -0.1) is 0 Å². The monoisotopic (exact) mass is 250 g/mol. The number of esters is 1. The van der Waals surface area contributed by atoms with Crippen LogP contribution in [0.1, 0.15) is 10.4 Å². The molecule has 0 fully saturated rings. The molecule has 0 bridgehead atoms. The Kier molecular flexibility index (Phi) is 3.29. The highest BCUT2D eigenvalue weighted by Crippen LogP contribution is 2.26. The lowest BCUT2D eigenvalue weighted by Crippen LogP contribution is -2.09. The molecule has 0 saturated heterocycles. The molecule has 1 aromatic heterocycles. The summed E-state index contributed by atoms with van der Waals surface area (Å²) in [5.41, 5.74) is -0.540. The fourth-order valence-electron chi connectivity index (χ4n) is 1.59. The van der Waals surface area contributed by atoms with Crippen molar-refractivity contribution in [3.8, 4) is 5.75 Å². The summed E-state index contributed by atoms with van der Waals surface area (Å²) < 4.78 is 9.62. The predicted octanol–water partition coefficient (Wildman–Crippen LogP) is 0.648. The van der Waals surface area contributed by atoms with Gasteiger partial charge in [0.05, 0.1) is 23.6 Å². The van der Waals surface area contributed by atoms with E-state index in [1.54, 1.807) is 0 Å². The van der Waals surface area contributed by atoms with E-state index in [2.05, 4.69) is 0 Å². The number of carbonyl (C=O) groups is 1. The molecule has 6 nitrogen and oxygen atoms in total. The van der Waals surface area contributed by atoms with E-state index in [4.69, 9.17) is 14.3 Å². The van der Waals surface area contributed by atoms with Crippen LogP contribution in [0.3, 0.4) is 0 Å². The van der Waals surface area contributed by atoms with Crippen LogP contribution in [0.5, 0.6) is 5.75 Å². The van der Waals surface area contributed by atoms with Crippen LogP contribution in [0.4, 0.5) is 0 Å². The molecular weight excluding hydrogens is 240 g/mol. The Morgan fingerprint density at radius 3 is 2.89 bits per heavy atom. The first-order valence-electron chi connectivity index (χ1n) is 5.17. The normalized spacial score (nSPS) is 10.5. The highest BCUT2D eigenvalue weighted by Gasteiger charge is 2.16. The van der Waals surface area contributed by atoms with E-state index in [0.29, 0.717) is 0 Å². The molecule has 0 unspecified atom stereocenters. The van der Waals surface area contributed by atoms with Crippen molar-refractivity contribution < 1.29 is 24.2 Å². The van der Waals surface area contributed by atoms with Crippen molar-refractivity contribution in [3.05, 3.63) is 40.2 Å². The Morgan fingerprint density at radius 2 is 2.17 bits per heavy atom. The Bertz CT molecular complexity index is 643. The van der Waals surface area contributed by atoms with Crippen molar-refractivity contribution in [2.75, 3.05) is 13.2 Å². The first kappa shape index (κ1) is 12.1. The molecule has 2 N–H and O–H groups in total. The Morgan fingerprint density at radius 1 is 1.39 bits per heavy atom. The summed E-state index contributed by atoms with van der Waals surface area (Å²) in [6.45, 7) is -0.440. The third kappa shape index (κ3) is 2.18. The van der Waals surface area contributed by atoms with Crippen LogP contribution in [-0.4, -0.2) is 29.4 Å². The molecule has 0 atom stereocenters. The van der Waals surface area contributed by atoms with Gasteiger partial charge in [-0.05, 0) is 12.1 Å². The first-order valence-corrected chi connectivity index (χ1v) is 5.17. The second-order valence-electron chi connectivity index (χ2n) is 3.49. The molecule has 2 aromatic rings. The van der Waals surface area contributed by atoms with Gasteiger partial charge in [0.1, 0.15) is 17.9 Å². The fraction of sp³-hybridized carbons (Fsp3) is 0.167. The molecular formula is C12H10O6. The molecule has 0 saturated carbocycles. The number of rotatable bonds is 3. The second-order valence-corrected chi connectivity index (χ2v) is 3.49. The molecule has 1 aromatic carbocycles. The fourth-order valence-corrected chi connectivity index (χ4v) is 1.59. The number of aliphatic hydroxyl groups is 1. The van der Waals surface area contributed by atoms with Gasteiger partial charge in [-0.2, -0.15) is 0 Å². The third-order valence-electron chi connectivity index (χ3n) is 2.29. The summed E-state index contributed by atoms with van der Waals surface area (Å²) in [5, 5.41) is 18.4. The third-order valence-corrected chi connectivity index (χ3v) is 2.29. The van der Waals surface area contributed by atoms with E-state index in [1.165, 1.54) is 18.2 Å². The van der Waals surface area contributed by atoms with Crippen molar-refractivity contribution in [1.82, 2.24) is 0 Å². The number of carbonyl (C=O) groups excluding carboxylic acids is 1. The van der Waals surface area contributed by atoms with Gasteiger partial charge in [-0.25, -0.2) is 9.59 Å². The number of aliphatic hydroxyl groups excluding tert-OH is 1. The minimum atomic E-state index is -0.709. The van der Waals surface area contributed by atoms with Gasteiger partial charge >= 0.3 is 11.6 Å². The second kappa shape index (κ2) is 4.89. The van der Waals surface area contributed by atoms with E-state index in [9.17, 15) is 14.7 Å². The van der Waals surface area contributed by atoms with E-state index < -0.39 is 11.6 Å². The molecule has 0 aliphatic carbocycles. The van der Waals surface area contributed by atoms with Crippen molar-refractivity contribution in [1.29, 1.82) is 0 Å². The maximum Gasteiger partial charge on any atom is 0.339 e. The summed E-state index contributed by atoms with van der Waals surface area (Å²) in [6, 6.07) is 5.27. The quantitative estimate of drug-likeness (QED) is 0.613. The SMILES string of the molecule is O=C(OCCO)c1cccc2oc(=O)cc(O)c12. The summed E-state index contributed by atoms with van der Waals surface area (Å²) in [5.74, 6) is -1.06. The number of hydrogen-bond acceptors (Lipinski definition) is 6. The van der Waals surface area contributed by atoms with E-state index in [-0.39, 0.29) is 35.5 Å². The minimum absolute atomic E-state index is 0.0715. The van der Waals surface area contributed by atoms with Gasteiger partial charge in [-0.1, -0.05) is 6.07 Å². The van der Waals surface area contributed by atoms with Crippen LogP contribution in [0, 0.1) is 0 Å². The van der Waals surface area contributed by atoms with Crippen LogP contribution in [0.15, 0.2) is 33.5 Å². The molecule has 18 heavy (non-hydrogen) atoms. The average Bonchev–Trinajstić information content (AvgIpc) is 2.34. The van der Waals surface area contributed by atoms with Crippen molar-refractivity contribution in [2.45, 2.75) is 0 Å². The Hall–Kier alpha value is -2.34. The van der Waals surface area contributed by atoms with Crippen LogP contribution < -0.4 is 5.63 Å². The number of benzene rings is 1. The van der Waals surface area contributed by atoms with Gasteiger partial charge in [0.25, 0.3) is 0 Å². The van der Waals surface area contributed by atoms with Crippen LogP contribution >= 0.6 is 0 Å². The molecule has 0 amide bonds. The number of aromatic hydroxyl groups is 1. The van der Waals surface area contributed by atoms with Crippen molar-refractivity contribution in [2.24, 2.45) is 0 Å². The highest BCUT2D eigenvalue weighted by molar-refractivity contribution is 6.05. The lowest BCUT2D eigenvalue weighted by Gasteiger charge is -2.06. The summed E-state index contributed by atoms with van der Waals surface area (Å²) in [6.07, 6.45) is 0. The standard InChI is InChI=1S/C12H10O6/c13-4-5-17-12(16)7-2-1-3-9-11(7)8(14)6-10(15)18-9/h1-3,6,13-14H,4-5H2. The maximum atomic E-state index is 11.7. The van der Waals surface area contributed by atoms with Crippen LogP contribution in [0.2, 0.25) is 0 Å². The lowest BCUT2D eigenvalue weighted by molar-refractivity contribution is 0.0435. The Balaban J connectivity index is 2.58. The number of ether oxygens (including phenoxy) is 1. The highest BCUT2D eigenvalue weighted by atomic mass is 16.5. The van der Waals surface area contributed by atoms with Gasteiger partial charge in [0, 0.05) is 0 Å². The number of hydrogen-bond donors (Lipinski definition) is 2. The van der Waals surface area contributed by atoms with Gasteiger partial charge in [-0.3, -0.25) is 0 Å². The number of fused-ring (bicyclic) bond motifs is 1. The van der Waals surface area contributed by atoms with E-state index in [0.717, 1.165) is 6.07 Å². The molecule has 0 spiro atoms. The summed E-state index contributed by atoms with van der Waals surface area (Å²) >= 11 is 0. The lowest BCUT2D eigenvalue weighted by atomic mass is 10.1. The van der Waals surface area contributed by atoms with Gasteiger partial charge < -0.3 is 19.4 Å². The molecule has 0 radical (unpaired) electrons. The molecule has 6 heteroatoms.